The van der Waals surface area contributed by atoms with E-state index in [1.165, 1.54) is 12.1 Å². The molecule has 3 aromatic carbocycles. The van der Waals surface area contributed by atoms with Gasteiger partial charge in [0, 0.05) is 17.7 Å². The zero-order chi connectivity index (χ0) is 20.6. The molecule has 3 aromatic rings. The van der Waals surface area contributed by atoms with E-state index in [9.17, 15) is 9.18 Å². The van der Waals surface area contributed by atoms with Crippen molar-refractivity contribution in [1.82, 2.24) is 10.2 Å². The molecule has 0 aliphatic rings. The third-order valence-corrected chi connectivity index (χ3v) is 4.71. The predicted octanol–water partition coefficient (Wildman–Crippen LogP) is 4.44. The second-order valence-electron chi connectivity index (χ2n) is 7.00. The molecule has 0 aliphatic heterocycles. The molecule has 0 aromatic heterocycles. The minimum absolute atomic E-state index is 0.137. The van der Waals surface area contributed by atoms with Crippen molar-refractivity contribution in [1.29, 1.82) is 0 Å². The van der Waals surface area contributed by atoms with Gasteiger partial charge in [0.05, 0.1) is 6.04 Å². The molecule has 1 amide bonds. The van der Waals surface area contributed by atoms with Gasteiger partial charge in [0.1, 0.15) is 18.2 Å². The standard InChI is InChI=1S/C24H25FN2O2/c1-27(2)23(18-10-8-11-20(25)15-18)16-26-24(28)22-14-7-6-9-19(22)17-29-21-12-4-3-5-13-21/h3-15,23H,16-17H2,1-2H3,(H,26,28). The summed E-state index contributed by atoms with van der Waals surface area (Å²) in [5.41, 5.74) is 2.19. The van der Waals surface area contributed by atoms with Crippen molar-refractivity contribution >= 4 is 5.91 Å². The summed E-state index contributed by atoms with van der Waals surface area (Å²) in [7, 11) is 3.81. The summed E-state index contributed by atoms with van der Waals surface area (Å²) < 4.78 is 19.4. The molecule has 150 valence electrons. The van der Waals surface area contributed by atoms with Crippen molar-refractivity contribution in [2.45, 2.75) is 12.6 Å². The molecule has 0 saturated heterocycles. The number of hydrogen-bond donors (Lipinski definition) is 1. The Hall–Kier alpha value is -3.18. The van der Waals surface area contributed by atoms with Crippen LogP contribution in [0, 0.1) is 5.82 Å². The summed E-state index contributed by atoms with van der Waals surface area (Å²) in [4.78, 5) is 14.8. The summed E-state index contributed by atoms with van der Waals surface area (Å²) >= 11 is 0. The minimum atomic E-state index is -0.288. The van der Waals surface area contributed by atoms with Crippen LogP contribution < -0.4 is 10.1 Å². The van der Waals surface area contributed by atoms with E-state index >= 15 is 0 Å². The summed E-state index contributed by atoms with van der Waals surface area (Å²) in [6.45, 7) is 0.664. The number of halogens is 1. The predicted molar refractivity (Wildman–Crippen MR) is 112 cm³/mol. The molecule has 0 radical (unpaired) electrons. The van der Waals surface area contributed by atoms with Gasteiger partial charge in [0.25, 0.3) is 5.91 Å². The number of rotatable bonds is 8. The third-order valence-electron chi connectivity index (χ3n) is 4.71. The number of nitrogens with zero attached hydrogens (tertiary/aromatic N) is 1. The smallest absolute Gasteiger partial charge is 0.251 e. The fraction of sp³-hybridized carbons (Fsp3) is 0.208. The van der Waals surface area contributed by atoms with Gasteiger partial charge in [-0.15, -0.1) is 0 Å². The van der Waals surface area contributed by atoms with Gasteiger partial charge in [-0.3, -0.25) is 4.79 Å². The highest BCUT2D eigenvalue weighted by molar-refractivity contribution is 5.95. The lowest BCUT2D eigenvalue weighted by atomic mass is 10.0. The molecule has 1 unspecified atom stereocenters. The van der Waals surface area contributed by atoms with E-state index in [-0.39, 0.29) is 17.8 Å². The van der Waals surface area contributed by atoms with Crippen LogP contribution in [0.2, 0.25) is 0 Å². The number of nitrogens with one attached hydrogen (secondary N) is 1. The second kappa shape index (κ2) is 9.85. The second-order valence-corrected chi connectivity index (χ2v) is 7.00. The number of likely N-dealkylation sites (N-methyl/N-ethyl adjacent to an activating group) is 1. The Bertz CT molecular complexity index is 944. The molecule has 4 nitrogen and oxygen atoms in total. The van der Waals surface area contributed by atoms with Crippen molar-refractivity contribution in [3.63, 3.8) is 0 Å². The van der Waals surface area contributed by atoms with Crippen LogP contribution in [0.4, 0.5) is 4.39 Å². The average molecular weight is 392 g/mol. The van der Waals surface area contributed by atoms with E-state index in [4.69, 9.17) is 4.74 Å². The molecular formula is C24H25FN2O2. The molecule has 0 fully saturated rings. The van der Waals surface area contributed by atoms with Crippen molar-refractivity contribution in [3.05, 3.63) is 101 Å². The van der Waals surface area contributed by atoms with Crippen LogP contribution in [0.25, 0.3) is 0 Å². The summed E-state index contributed by atoms with van der Waals surface area (Å²) in [5, 5.41) is 2.98. The topological polar surface area (TPSA) is 41.6 Å². The van der Waals surface area contributed by atoms with Crippen LogP contribution in [-0.2, 0) is 6.61 Å². The van der Waals surface area contributed by atoms with Gasteiger partial charge in [0.15, 0.2) is 0 Å². The average Bonchev–Trinajstić information content (AvgIpc) is 2.73. The molecular weight excluding hydrogens is 367 g/mol. The maximum atomic E-state index is 13.6. The highest BCUT2D eigenvalue weighted by Gasteiger charge is 2.18. The first-order chi connectivity index (χ1) is 14.0. The molecule has 5 heteroatoms. The zero-order valence-corrected chi connectivity index (χ0v) is 16.6. The molecule has 0 saturated carbocycles. The third kappa shape index (κ3) is 5.65. The SMILES string of the molecule is CN(C)C(CNC(=O)c1ccccc1COc1ccccc1)c1cccc(F)c1. The Morgan fingerprint density at radius 1 is 1.00 bits per heavy atom. The monoisotopic (exact) mass is 392 g/mol. The van der Waals surface area contributed by atoms with Gasteiger partial charge in [0.2, 0.25) is 0 Å². The van der Waals surface area contributed by atoms with E-state index in [1.807, 2.05) is 73.6 Å². The first-order valence-corrected chi connectivity index (χ1v) is 9.50. The molecule has 3 rings (SSSR count). The van der Waals surface area contributed by atoms with Crippen LogP contribution in [0.15, 0.2) is 78.9 Å². The number of ether oxygens (including phenoxy) is 1. The quantitative estimate of drug-likeness (QED) is 0.616. The van der Waals surface area contributed by atoms with E-state index in [2.05, 4.69) is 5.32 Å². The van der Waals surface area contributed by atoms with Crippen LogP contribution in [0.5, 0.6) is 5.75 Å². The maximum Gasteiger partial charge on any atom is 0.251 e. The van der Waals surface area contributed by atoms with E-state index in [0.29, 0.717) is 18.7 Å². The lowest BCUT2D eigenvalue weighted by molar-refractivity contribution is 0.0939. The van der Waals surface area contributed by atoms with Crippen molar-refractivity contribution < 1.29 is 13.9 Å². The number of amides is 1. The lowest BCUT2D eigenvalue weighted by Crippen LogP contribution is -2.35. The van der Waals surface area contributed by atoms with Crippen molar-refractivity contribution in [2.75, 3.05) is 20.6 Å². The van der Waals surface area contributed by atoms with E-state index in [0.717, 1.165) is 16.9 Å². The maximum absolute atomic E-state index is 13.6. The number of para-hydroxylation sites is 1. The van der Waals surface area contributed by atoms with Crippen LogP contribution in [0.3, 0.4) is 0 Å². The van der Waals surface area contributed by atoms with Gasteiger partial charge >= 0.3 is 0 Å². The number of carbonyl (C=O) groups is 1. The van der Waals surface area contributed by atoms with Crippen LogP contribution in [0.1, 0.15) is 27.5 Å². The van der Waals surface area contributed by atoms with Gasteiger partial charge in [-0.2, -0.15) is 0 Å². The molecule has 0 aliphatic carbocycles. The Kier molecular flexibility index (Phi) is 6.98. The summed E-state index contributed by atoms with van der Waals surface area (Å²) in [5.74, 6) is 0.283. The van der Waals surface area contributed by atoms with E-state index in [1.54, 1.807) is 12.1 Å². The molecule has 0 spiro atoms. The molecule has 0 bridgehead atoms. The Morgan fingerprint density at radius 3 is 2.45 bits per heavy atom. The van der Waals surface area contributed by atoms with Gasteiger partial charge in [-0.1, -0.05) is 48.5 Å². The van der Waals surface area contributed by atoms with Crippen molar-refractivity contribution in [3.8, 4) is 5.75 Å². The van der Waals surface area contributed by atoms with Gasteiger partial charge < -0.3 is 15.0 Å². The molecule has 1 atom stereocenters. The largest absolute Gasteiger partial charge is 0.489 e. The Morgan fingerprint density at radius 2 is 1.72 bits per heavy atom. The van der Waals surface area contributed by atoms with Gasteiger partial charge in [-0.05, 0) is 50.0 Å². The number of benzene rings is 3. The molecule has 29 heavy (non-hydrogen) atoms. The highest BCUT2D eigenvalue weighted by atomic mass is 19.1. The van der Waals surface area contributed by atoms with Gasteiger partial charge in [-0.25, -0.2) is 4.39 Å². The van der Waals surface area contributed by atoms with Crippen molar-refractivity contribution in [2.24, 2.45) is 0 Å². The van der Waals surface area contributed by atoms with E-state index < -0.39 is 0 Å². The normalized spacial score (nSPS) is 11.9. The van der Waals surface area contributed by atoms with Crippen LogP contribution >= 0.6 is 0 Å². The molecule has 0 heterocycles. The zero-order valence-electron chi connectivity index (χ0n) is 16.6. The van der Waals surface area contributed by atoms with Crippen LogP contribution in [-0.4, -0.2) is 31.4 Å². The first-order valence-electron chi connectivity index (χ1n) is 9.50. The fourth-order valence-electron chi connectivity index (χ4n) is 3.14. The highest BCUT2D eigenvalue weighted by Crippen LogP contribution is 2.19. The summed E-state index contributed by atoms with van der Waals surface area (Å²) in [6.07, 6.45) is 0. The number of hydrogen-bond acceptors (Lipinski definition) is 3. The summed E-state index contributed by atoms with van der Waals surface area (Å²) in [6, 6.07) is 23.2. The fourth-order valence-corrected chi connectivity index (χ4v) is 3.14. The molecule has 1 N–H and O–H groups in total. The Labute approximate surface area is 170 Å². The number of carbonyl (C=O) groups excluding carboxylic acids is 1. The lowest BCUT2D eigenvalue weighted by Gasteiger charge is -2.25. The first kappa shape index (κ1) is 20.6. The minimum Gasteiger partial charge on any atom is -0.489 e. The Balaban J connectivity index is 1.68.